The Morgan fingerprint density at radius 3 is 2.54 bits per heavy atom. The third kappa shape index (κ3) is 4.03. The maximum absolute atomic E-state index is 12.6. The highest BCUT2D eigenvalue weighted by Gasteiger charge is 2.31. The van der Waals surface area contributed by atoms with E-state index in [1.54, 1.807) is 6.07 Å². The number of amides is 1. The summed E-state index contributed by atoms with van der Waals surface area (Å²) in [5.74, 6) is 0.509. The molecule has 8 heteroatoms. The Labute approximate surface area is 153 Å². The van der Waals surface area contributed by atoms with Gasteiger partial charge in [0.2, 0.25) is 15.9 Å². The molecule has 2 heterocycles. The van der Waals surface area contributed by atoms with E-state index in [1.807, 2.05) is 36.1 Å². The minimum absolute atomic E-state index is 0.0271. The molecule has 1 aromatic heterocycles. The van der Waals surface area contributed by atoms with Crippen LogP contribution in [0.15, 0.2) is 47.5 Å². The molecule has 2 aromatic rings. The molecule has 0 aliphatic carbocycles. The second-order valence-corrected chi connectivity index (χ2v) is 8.20. The monoisotopic (exact) mass is 374 g/mol. The number of anilines is 1. The van der Waals surface area contributed by atoms with Crippen LogP contribution < -0.4 is 10.0 Å². The summed E-state index contributed by atoms with van der Waals surface area (Å²) in [6.07, 6.45) is 1.96. The molecular weight excluding hydrogens is 352 g/mol. The number of rotatable bonds is 6. The van der Waals surface area contributed by atoms with Gasteiger partial charge in [-0.1, -0.05) is 29.8 Å². The molecule has 0 spiro atoms. The van der Waals surface area contributed by atoms with Gasteiger partial charge in [0.15, 0.2) is 0 Å². The SMILES string of the molecule is CNS(=O)(=O)c1ccc(NC2CCN(Cc3ccc(C)cc3)C2=O)nc1. The molecule has 1 aliphatic heterocycles. The van der Waals surface area contributed by atoms with Crippen molar-refractivity contribution in [1.82, 2.24) is 14.6 Å². The number of aryl methyl sites for hydroxylation is 1. The standard InChI is InChI=1S/C18H22N4O3S/c1-13-3-5-14(6-4-13)12-22-10-9-16(18(22)23)21-17-8-7-15(11-20-17)26(24,25)19-2/h3-8,11,16,19H,9-10,12H2,1-2H3,(H,20,21). The van der Waals surface area contributed by atoms with Crippen molar-refractivity contribution in [2.75, 3.05) is 18.9 Å². The lowest BCUT2D eigenvalue weighted by atomic mass is 10.1. The summed E-state index contributed by atoms with van der Waals surface area (Å²) in [7, 11) is -2.17. The van der Waals surface area contributed by atoms with Crippen LogP contribution in [0.2, 0.25) is 0 Å². The van der Waals surface area contributed by atoms with Crippen LogP contribution in [0, 0.1) is 6.92 Å². The first-order valence-corrected chi connectivity index (χ1v) is 9.88. The third-order valence-electron chi connectivity index (χ3n) is 4.43. The number of nitrogens with one attached hydrogen (secondary N) is 2. The number of likely N-dealkylation sites (tertiary alicyclic amines) is 1. The first kappa shape index (κ1) is 18.3. The second-order valence-electron chi connectivity index (χ2n) is 6.32. The number of carbonyl (C=O) groups excluding carboxylic acids is 1. The van der Waals surface area contributed by atoms with E-state index in [9.17, 15) is 13.2 Å². The molecule has 2 N–H and O–H groups in total. The van der Waals surface area contributed by atoms with E-state index >= 15 is 0 Å². The maximum Gasteiger partial charge on any atom is 0.245 e. The van der Waals surface area contributed by atoms with Gasteiger partial charge in [0.1, 0.15) is 16.8 Å². The smallest absolute Gasteiger partial charge is 0.245 e. The number of nitrogens with zero attached hydrogens (tertiary/aromatic N) is 2. The van der Waals surface area contributed by atoms with Crippen molar-refractivity contribution < 1.29 is 13.2 Å². The minimum Gasteiger partial charge on any atom is -0.358 e. The normalized spacial score (nSPS) is 17.5. The van der Waals surface area contributed by atoms with Crippen molar-refractivity contribution in [3.63, 3.8) is 0 Å². The van der Waals surface area contributed by atoms with E-state index in [1.165, 1.54) is 24.9 Å². The average molecular weight is 374 g/mol. The van der Waals surface area contributed by atoms with E-state index in [2.05, 4.69) is 15.0 Å². The predicted molar refractivity (Wildman–Crippen MR) is 99.1 cm³/mol. The fourth-order valence-electron chi connectivity index (χ4n) is 2.86. The second kappa shape index (κ2) is 7.43. The molecule has 1 aliphatic rings. The minimum atomic E-state index is -3.51. The van der Waals surface area contributed by atoms with Gasteiger partial charge in [-0.25, -0.2) is 18.1 Å². The van der Waals surface area contributed by atoms with Crippen molar-refractivity contribution in [2.45, 2.75) is 30.8 Å². The summed E-state index contributed by atoms with van der Waals surface area (Å²) >= 11 is 0. The highest BCUT2D eigenvalue weighted by Crippen LogP contribution is 2.19. The molecule has 138 valence electrons. The van der Waals surface area contributed by atoms with Gasteiger partial charge in [-0.3, -0.25) is 4.79 Å². The molecule has 3 rings (SSSR count). The van der Waals surface area contributed by atoms with Gasteiger partial charge in [-0.15, -0.1) is 0 Å². The van der Waals surface area contributed by atoms with E-state index in [4.69, 9.17) is 0 Å². The van der Waals surface area contributed by atoms with Crippen molar-refractivity contribution in [1.29, 1.82) is 0 Å². The van der Waals surface area contributed by atoms with Crippen LogP contribution in [0.5, 0.6) is 0 Å². The lowest BCUT2D eigenvalue weighted by molar-refractivity contribution is -0.128. The molecule has 1 unspecified atom stereocenters. The van der Waals surface area contributed by atoms with E-state index < -0.39 is 10.0 Å². The van der Waals surface area contributed by atoms with Crippen molar-refractivity contribution in [3.05, 3.63) is 53.7 Å². The third-order valence-corrected chi connectivity index (χ3v) is 5.83. The Hall–Kier alpha value is -2.45. The fourth-order valence-corrected chi connectivity index (χ4v) is 3.54. The van der Waals surface area contributed by atoms with Crippen LogP contribution in [-0.2, 0) is 21.4 Å². The topological polar surface area (TPSA) is 91.4 Å². The molecule has 1 saturated heterocycles. The van der Waals surface area contributed by atoms with Crippen LogP contribution >= 0.6 is 0 Å². The molecule has 7 nitrogen and oxygen atoms in total. The summed E-state index contributed by atoms with van der Waals surface area (Å²) in [6, 6.07) is 10.8. The molecule has 1 aromatic carbocycles. The highest BCUT2D eigenvalue weighted by atomic mass is 32.2. The fraction of sp³-hybridized carbons (Fsp3) is 0.333. The maximum atomic E-state index is 12.6. The van der Waals surface area contributed by atoms with Gasteiger partial charge >= 0.3 is 0 Å². The Balaban J connectivity index is 1.62. The molecule has 26 heavy (non-hydrogen) atoms. The molecule has 1 atom stereocenters. The number of carbonyl (C=O) groups is 1. The number of hydrogen-bond acceptors (Lipinski definition) is 5. The van der Waals surface area contributed by atoms with E-state index in [-0.39, 0.29) is 16.8 Å². The summed E-state index contributed by atoms with van der Waals surface area (Å²) in [6.45, 7) is 3.30. The van der Waals surface area contributed by atoms with Gasteiger partial charge in [0.25, 0.3) is 0 Å². The van der Waals surface area contributed by atoms with Crippen LogP contribution in [0.3, 0.4) is 0 Å². The zero-order valence-electron chi connectivity index (χ0n) is 14.8. The van der Waals surface area contributed by atoms with Gasteiger partial charge in [-0.2, -0.15) is 0 Å². The number of sulfonamides is 1. The Morgan fingerprint density at radius 1 is 1.19 bits per heavy atom. The number of benzene rings is 1. The summed E-state index contributed by atoms with van der Waals surface area (Å²) in [5.41, 5.74) is 2.29. The van der Waals surface area contributed by atoms with Gasteiger partial charge in [0, 0.05) is 19.3 Å². The lowest BCUT2D eigenvalue weighted by Gasteiger charge is -2.17. The summed E-state index contributed by atoms with van der Waals surface area (Å²) in [5, 5.41) is 3.09. The number of aromatic nitrogens is 1. The summed E-state index contributed by atoms with van der Waals surface area (Å²) < 4.78 is 25.7. The van der Waals surface area contributed by atoms with Crippen molar-refractivity contribution in [2.24, 2.45) is 0 Å². The van der Waals surface area contributed by atoms with Crippen molar-refractivity contribution in [3.8, 4) is 0 Å². The molecule has 0 saturated carbocycles. The average Bonchev–Trinajstić information content (AvgIpc) is 2.97. The molecule has 0 radical (unpaired) electrons. The lowest BCUT2D eigenvalue weighted by Crippen LogP contribution is -2.33. The highest BCUT2D eigenvalue weighted by molar-refractivity contribution is 7.89. The first-order chi connectivity index (χ1) is 12.4. The predicted octanol–water partition coefficient (Wildman–Crippen LogP) is 1.51. The number of pyridine rings is 1. The molecule has 1 amide bonds. The number of hydrogen-bond donors (Lipinski definition) is 2. The molecule has 1 fully saturated rings. The molecular formula is C18H22N4O3S. The Morgan fingerprint density at radius 2 is 1.92 bits per heavy atom. The molecule has 0 bridgehead atoms. The van der Waals surface area contributed by atoms with Crippen LogP contribution in [0.1, 0.15) is 17.5 Å². The Kier molecular flexibility index (Phi) is 5.24. The first-order valence-electron chi connectivity index (χ1n) is 8.39. The van der Waals surface area contributed by atoms with Crippen LogP contribution in [0.25, 0.3) is 0 Å². The zero-order chi connectivity index (χ0) is 18.7. The van der Waals surface area contributed by atoms with Gasteiger partial charge in [-0.05, 0) is 38.1 Å². The quantitative estimate of drug-likeness (QED) is 0.800. The zero-order valence-corrected chi connectivity index (χ0v) is 15.6. The van der Waals surface area contributed by atoms with E-state index in [0.29, 0.717) is 25.3 Å². The van der Waals surface area contributed by atoms with E-state index in [0.717, 1.165) is 5.56 Å². The van der Waals surface area contributed by atoms with Gasteiger partial charge < -0.3 is 10.2 Å². The Bertz CT molecular complexity index is 880. The van der Waals surface area contributed by atoms with Crippen LogP contribution in [-0.4, -0.2) is 43.8 Å². The van der Waals surface area contributed by atoms with Crippen LogP contribution in [0.4, 0.5) is 5.82 Å². The summed E-state index contributed by atoms with van der Waals surface area (Å²) in [4.78, 5) is 18.6. The van der Waals surface area contributed by atoms with Crippen molar-refractivity contribution >= 4 is 21.7 Å². The largest absolute Gasteiger partial charge is 0.358 e. The van der Waals surface area contributed by atoms with Gasteiger partial charge in [0.05, 0.1) is 0 Å².